The lowest BCUT2D eigenvalue weighted by Crippen LogP contribution is -2.25. The first-order valence-corrected chi connectivity index (χ1v) is 36.6. The van der Waals surface area contributed by atoms with E-state index in [-0.39, 0.29) is 52.4 Å². The second kappa shape index (κ2) is 47.6. The summed E-state index contributed by atoms with van der Waals surface area (Å²) in [5.74, 6) is -2.08. The standard InChI is InChI=1S/C24H24N2O2.C23H24ClNO2.C22H21ClFNO2.C22H23NO2/c1-2-3-13-23(27)22(16-19-17-25-21-12-8-7-11-20(19)21)26-24(28)15-14-18-9-5-4-6-10-18;1-3-4-5-22(26)21(16-19-8-6-17(2)7-9-19)25-23(27)15-12-18-10-13-20(24)14-11-18;1-2-3-4-21(26)20(15-17-7-12-19(24)13-8-17)25-22(27)14-9-16-5-10-18(23)11-6-16;1-2-3-14-21(24)20(17-19-12-8-5-9-13-19)23-22(25)16-15-18-10-6-4-7-11-18/h4-12,14-17,25H,2-3,13H2,1H3,(H,26,28);6-16H,3-5H2,1-2H3,(H,25,27);5-15H,2-4H2,1H3,(H,25,27);4-13,15-17H,2-3,14H2,1H3,(H,23,25)/b15-14+,22-16-;15-12+,21-16-;14-9+,20-15-;16-15+,20-17-. The number of nitrogens with one attached hydrogen (secondary N) is 5. The van der Waals surface area contributed by atoms with Crippen LogP contribution in [0.2, 0.25) is 10.0 Å². The summed E-state index contributed by atoms with van der Waals surface area (Å²) < 4.78 is 13.1. The number of hydrogen-bond donors (Lipinski definition) is 5. The number of rotatable bonds is 32. The second-order valence-electron chi connectivity index (χ2n) is 24.7. The fourth-order valence-corrected chi connectivity index (χ4v) is 10.2. The highest BCUT2D eigenvalue weighted by molar-refractivity contribution is 6.31. The highest BCUT2D eigenvalue weighted by Crippen LogP contribution is 2.22. The minimum Gasteiger partial charge on any atom is -0.361 e. The van der Waals surface area contributed by atoms with Gasteiger partial charge in [0.15, 0.2) is 23.1 Å². The third-order valence-electron chi connectivity index (χ3n) is 15.9. The number of amides is 4. The number of H-pyrrole nitrogens is 1. The van der Waals surface area contributed by atoms with Gasteiger partial charge in [0.25, 0.3) is 0 Å². The third kappa shape index (κ3) is 32.9. The molecule has 4 amide bonds. The van der Waals surface area contributed by atoms with Gasteiger partial charge >= 0.3 is 0 Å². The second-order valence-corrected chi connectivity index (χ2v) is 25.6. The number of aromatic amines is 1. The van der Waals surface area contributed by atoms with Crippen LogP contribution >= 0.6 is 23.2 Å². The van der Waals surface area contributed by atoms with Crippen LogP contribution in [-0.4, -0.2) is 51.7 Å². The molecule has 16 heteroatoms. The summed E-state index contributed by atoms with van der Waals surface area (Å²) in [5.41, 5.74) is 10.1. The number of Topliss-reactive ketones (excluding diaryl/α,β-unsaturated/α-hetero) is 4. The summed E-state index contributed by atoms with van der Waals surface area (Å²) in [6.07, 6.45) is 29.4. The number of hydrogen-bond acceptors (Lipinski definition) is 8. The Hall–Kier alpha value is -11.7. The number of halogens is 3. The lowest BCUT2D eigenvalue weighted by molar-refractivity contribution is -0.120. The molecule has 0 radical (unpaired) electrons. The van der Waals surface area contributed by atoms with Gasteiger partial charge in [0.1, 0.15) is 5.82 Å². The van der Waals surface area contributed by atoms with Crippen molar-refractivity contribution in [3.05, 3.63) is 332 Å². The normalized spacial score (nSPS) is 11.6. The minimum absolute atomic E-state index is 0.0489. The Morgan fingerprint density at radius 3 is 0.972 bits per heavy atom. The molecule has 0 bridgehead atoms. The summed E-state index contributed by atoms with van der Waals surface area (Å²) in [5, 5.41) is 13.1. The van der Waals surface area contributed by atoms with Crippen LogP contribution in [-0.2, 0) is 38.4 Å². The molecule has 9 aromatic rings. The molecule has 0 aliphatic rings. The Bertz CT molecular complexity index is 4470. The molecule has 8 aromatic carbocycles. The summed E-state index contributed by atoms with van der Waals surface area (Å²) in [4.78, 5) is 102. The number of allylic oxidation sites excluding steroid dienone is 4. The van der Waals surface area contributed by atoms with Crippen LogP contribution in [0.5, 0.6) is 0 Å². The minimum atomic E-state index is -0.414. The maximum Gasteiger partial charge on any atom is 0.248 e. The van der Waals surface area contributed by atoms with Crippen molar-refractivity contribution in [3.63, 3.8) is 0 Å². The van der Waals surface area contributed by atoms with Crippen LogP contribution in [0.1, 0.15) is 155 Å². The smallest absolute Gasteiger partial charge is 0.248 e. The molecule has 550 valence electrons. The molecule has 0 fully saturated rings. The van der Waals surface area contributed by atoms with Crippen molar-refractivity contribution in [2.75, 3.05) is 0 Å². The molecule has 0 aliphatic carbocycles. The van der Waals surface area contributed by atoms with Gasteiger partial charge in [-0.05, 0) is 163 Å². The predicted octanol–water partition coefficient (Wildman–Crippen LogP) is 20.7. The van der Waals surface area contributed by atoms with Gasteiger partial charge in [0.2, 0.25) is 23.6 Å². The lowest BCUT2D eigenvalue weighted by Gasteiger charge is -2.08. The van der Waals surface area contributed by atoms with Gasteiger partial charge < -0.3 is 26.3 Å². The molecular weight excluding hydrogens is 1380 g/mol. The Morgan fingerprint density at radius 2 is 0.626 bits per heavy atom. The van der Waals surface area contributed by atoms with E-state index in [9.17, 15) is 42.7 Å². The lowest BCUT2D eigenvalue weighted by atomic mass is 10.1. The molecule has 5 N–H and O–H groups in total. The van der Waals surface area contributed by atoms with Crippen molar-refractivity contribution in [1.82, 2.24) is 26.3 Å². The van der Waals surface area contributed by atoms with E-state index in [4.69, 9.17) is 23.2 Å². The van der Waals surface area contributed by atoms with Crippen molar-refractivity contribution in [2.45, 2.75) is 112 Å². The van der Waals surface area contributed by atoms with Gasteiger partial charge in [-0.25, -0.2) is 4.39 Å². The molecule has 1 aromatic heterocycles. The van der Waals surface area contributed by atoms with Crippen molar-refractivity contribution in [1.29, 1.82) is 0 Å². The zero-order chi connectivity index (χ0) is 77.0. The zero-order valence-electron chi connectivity index (χ0n) is 61.1. The molecule has 0 spiro atoms. The molecule has 107 heavy (non-hydrogen) atoms. The van der Waals surface area contributed by atoms with E-state index in [0.717, 1.165) is 107 Å². The highest BCUT2D eigenvalue weighted by Gasteiger charge is 2.17. The number of benzene rings is 8. The molecule has 0 atom stereocenters. The molecule has 0 unspecified atom stereocenters. The van der Waals surface area contributed by atoms with Crippen molar-refractivity contribution >= 4 is 129 Å². The SMILES string of the molecule is CCCCC(=O)/C(=C/c1c[nH]c2ccccc12)NC(=O)/C=C/c1ccccc1.CCCCC(=O)/C(=C/c1ccc(C)cc1)NC(=O)/C=C/c1ccc(Cl)cc1.CCCCC(=O)/C(=C/c1ccc(F)cc1)NC(=O)/C=C/c1ccc(Cl)cc1.CCCCC(=O)/C(=C/c1ccccc1)NC(=O)/C=C/c1ccccc1. The van der Waals surface area contributed by atoms with Crippen LogP contribution in [0.25, 0.3) is 59.5 Å². The van der Waals surface area contributed by atoms with Crippen molar-refractivity contribution < 1.29 is 42.7 Å². The van der Waals surface area contributed by atoms with Gasteiger partial charge in [-0.2, -0.15) is 0 Å². The van der Waals surface area contributed by atoms with E-state index in [2.05, 4.69) is 26.3 Å². The largest absolute Gasteiger partial charge is 0.361 e. The summed E-state index contributed by atoms with van der Waals surface area (Å²) in [6.45, 7) is 10.1. The van der Waals surface area contributed by atoms with E-state index in [1.807, 2.05) is 192 Å². The molecule has 9 rings (SSSR count). The molecule has 13 nitrogen and oxygen atoms in total. The Morgan fingerprint density at radius 1 is 0.346 bits per heavy atom. The van der Waals surface area contributed by atoms with E-state index in [0.29, 0.717) is 58.4 Å². The Labute approximate surface area is 637 Å². The molecular formula is C91H92Cl2FN5O8. The van der Waals surface area contributed by atoms with Gasteiger partial charge in [-0.3, -0.25) is 38.4 Å². The first-order chi connectivity index (χ1) is 51.8. The average molecular weight is 1470 g/mol. The zero-order valence-corrected chi connectivity index (χ0v) is 62.6. The molecule has 0 aliphatic heterocycles. The monoisotopic (exact) mass is 1470 g/mol. The van der Waals surface area contributed by atoms with Crippen molar-refractivity contribution in [2.24, 2.45) is 0 Å². The topological polar surface area (TPSA) is 200 Å². The Balaban J connectivity index is 0.000000223. The fourth-order valence-electron chi connectivity index (χ4n) is 9.93. The number of carbonyl (C=O) groups is 8. The highest BCUT2D eigenvalue weighted by atomic mass is 35.5. The Kier molecular flexibility index (Phi) is 37.5. The van der Waals surface area contributed by atoms with E-state index in [1.165, 1.54) is 36.4 Å². The van der Waals surface area contributed by atoms with E-state index < -0.39 is 5.91 Å². The van der Waals surface area contributed by atoms with Gasteiger partial charge in [0.05, 0.1) is 22.8 Å². The number of aromatic nitrogens is 1. The average Bonchev–Trinajstić information content (AvgIpc) is 1.69. The van der Waals surface area contributed by atoms with Crippen LogP contribution in [0, 0.1) is 12.7 Å². The number of para-hydroxylation sites is 1. The van der Waals surface area contributed by atoms with Gasteiger partial charge in [-0.1, -0.05) is 252 Å². The van der Waals surface area contributed by atoms with Crippen LogP contribution in [0.15, 0.2) is 266 Å². The maximum absolute atomic E-state index is 13.1. The summed E-state index contributed by atoms with van der Waals surface area (Å²) in [6, 6.07) is 64.3. The number of carbonyl (C=O) groups excluding carboxylic acids is 8. The maximum atomic E-state index is 13.1. The third-order valence-corrected chi connectivity index (χ3v) is 16.4. The van der Waals surface area contributed by atoms with Gasteiger partial charge in [-0.15, -0.1) is 0 Å². The van der Waals surface area contributed by atoms with Crippen molar-refractivity contribution in [3.8, 4) is 0 Å². The van der Waals surface area contributed by atoms with Gasteiger partial charge in [0, 0.05) is 82.7 Å². The van der Waals surface area contributed by atoms with Crippen LogP contribution < -0.4 is 21.3 Å². The first kappa shape index (κ1) is 84.2. The van der Waals surface area contributed by atoms with Crippen LogP contribution in [0.4, 0.5) is 4.39 Å². The molecule has 1 heterocycles. The van der Waals surface area contributed by atoms with E-state index >= 15 is 0 Å². The molecule has 0 saturated heterocycles. The quantitative estimate of drug-likeness (QED) is 0.0256. The summed E-state index contributed by atoms with van der Waals surface area (Å²) >= 11 is 11.7. The summed E-state index contributed by atoms with van der Waals surface area (Å²) in [7, 11) is 0. The fraction of sp³-hybridized carbons (Fsp3) is 0.187. The van der Waals surface area contributed by atoms with E-state index in [1.54, 1.807) is 97.1 Å². The number of fused-ring (bicyclic) bond motifs is 1. The van der Waals surface area contributed by atoms with Crippen LogP contribution in [0.3, 0.4) is 0 Å². The number of unbranched alkanes of at least 4 members (excludes halogenated alkanes) is 4. The number of aryl methyl sites for hydroxylation is 1. The first-order valence-electron chi connectivity index (χ1n) is 35.8. The number of ketones is 4. The molecule has 0 saturated carbocycles. The predicted molar refractivity (Wildman–Crippen MR) is 437 cm³/mol.